The quantitative estimate of drug-likeness (QED) is 0.382. The monoisotopic (exact) mass is 507 g/mol. The molecule has 1 unspecified atom stereocenters. The number of hydrogen-bond donors (Lipinski definition) is 1. The third kappa shape index (κ3) is 3.65. The van der Waals surface area contributed by atoms with Gasteiger partial charge in [-0.2, -0.15) is 9.49 Å². The van der Waals surface area contributed by atoms with Gasteiger partial charge >= 0.3 is 0 Å². The summed E-state index contributed by atoms with van der Waals surface area (Å²) in [7, 11) is 1.79. The molecule has 2 atom stereocenters. The molecule has 0 spiro atoms. The first kappa shape index (κ1) is 22.7. The number of rotatable bonds is 5. The van der Waals surface area contributed by atoms with Crippen molar-refractivity contribution in [3.63, 3.8) is 0 Å². The van der Waals surface area contributed by atoms with Crippen LogP contribution in [0.5, 0.6) is 0 Å². The van der Waals surface area contributed by atoms with Gasteiger partial charge in [0.2, 0.25) is 11.9 Å². The largest absolute Gasteiger partial charge is 0.340 e. The second kappa shape index (κ2) is 8.79. The molecule has 2 aliphatic heterocycles. The van der Waals surface area contributed by atoms with E-state index in [1.807, 2.05) is 59.3 Å². The van der Waals surface area contributed by atoms with Crippen molar-refractivity contribution in [3.8, 4) is 11.3 Å². The number of para-hydroxylation sites is 1. The zero-order chi connectivity index (χ0) is 25.8. The van der Waals surface area contributed by atoms with Crippen molar-refractivity contribution in [2.75, 3.05) is 17.3 Å². The molecule has 0 radical (unpaired) electrons. The second-order valence-electron chi connectivity index (χ2n) is 9.97. The molecule has 1 saturated carbocycles. The Balaban J connectivity index is 1.29. The summed E-state index contributed by atoms with van der Waals surface area (Å²) in [4.78, 5) is 26.4. The van der Waals surface area contributed by atoms with Crippen LogP contribution in [0.3, 0.4) is 0 Å². The van der Waals surface area contributed by atoms with E-state index in [1.165, 1.54) is 6.07 Å². The molecular weight excluding hydrogens is 481 g/mol. The molecular formula is C29H26FN7O. The van der Waals surface area contributed by atoms with Gasteiger partial charge in [-0.25, -0.2) is 14.7 Å². The van der Waals surface area contributed by atoms with E-state index in [0.29, 0.717) is 35.4 Å². The minimum absolute atomic E-state index is 0.118. The minimum Gasteiger partial charge on any atom is -0.340 e. The SMILES string of the molecule is CN1C(=O)c2c(nn(Cc3ccc(-c4cccc(F)n4)cc3)c2Nc2ccccc2)N2C1=NC1CCC[C@@H]12. The number of aliphatic imine (C=N–C) groups is 1. The number of amides is 1. The van der Waals surface area contributed by atoms with Gasteiger partial charge in [-0.3, -0.25) is 14.6 Å². The van der Waals surface area contributed by atoms with Crippen molar-refractivity contribution in [2.45, 2.75) is 37.9 Å². The molecule has 4 aromatic rings. The smallest absolute Gasteiger partial charge is 0.267 e. The first-order valence-electron chi connectivity index (χ1n) is 12.9. The summed E-state index contributed by atoms with van der Waals surface area (Å²) in [6.45, 7) is 0.449. The van der Waals surface area contributed by atoms with Crippen molar-refractivity contribution in [1.82, 2.24) is 19.7 Å². The van der Waals surface area contributed by atoms with Crippen LogP contribution in [-0.4, -0.2) is 50.7 Å². The molecule has 2 aromatic carbocycles. The summed E-state index contributed by atoms with van der Waals surface area (Å²) >= 11 is 0. The van der Waals surface area contributed by atoms with E-state index in [-0.39, 0.29) is 18.0 Å². The number of guanidine groups is 1. The zero-order valence-corrected chi connectivity index (χ0v) is 20.9. The average Bonchev–Trinajstić information content (AvgIpc) is 3.62. The maximum absolute atomic E-state index is 13.7. The minimum atomic E-state index is -0.505. The predicted octanol–water partition coefficient (Wildman–Crippen LogP) is 5.06. The Bertz CT molecular complexity index is 1560. The van der Waals surface area contributed by atoms with Crippen molar-refractivity contribution in [1.29, 1.82) is 0 Å². The number of nitrogens with zero attached hydrogens (tertiary/aromatic N) is 6. The van der Waals surface area contributed by atoms with Crippen LogP contribution in [-0.2, 0) is 6.54 Å². The van der Waals surface area contributed by atoms with Gasteiger partial charge in [-0.05, 0) is 49.1 Å². The van der Waals surface area contributed by atoms with E-state index >= 15 is 0 Å². The molecule has 1 aliphatic carbocycles. The van der Waals surface area contributed by atoms with E-state index < -0.39 is 5.95 Å². The number of hydrogen-bond acceptors (Lipinski definition) is 6. The summed E-state index contributed by atoms with van der Waals surface area (Å²) in [5.74, 6) is 1.39. The van der Waals surface area contributed by atoms with Crippen LogP contribution < -0.4 is 10.2 Å². The van der Waals surface area contributed by atoms with Crippen LogP contribution in [0.4, 0.5) is 21.7 Å². The molecule has 1 N–H and O–H groups in total. The number of fused-ring (bicyclic) bond motifs is 5. The highest BCUT2D eigenvalue weighted by Gasteiger charge is 2.49. The fourth-order valence-corrected chi connectivity index (χ4v) is 5.73. The Morgan fingerprint density at radius 3 is 2.61 bits per heavy atom. The standard InChI is InChI=1S/C29H26FN7O/c1-35-28(38)25-26(31-20-7-3-2-4-8-20)36(34-27(25)37-23-11-5-10-22(23)33-29(35)37)17-18-13-15-19(16-14-18)21-9-6-12-24(30)32-21/h2-4,6-9,12-16,22-23,31H,5,10-11,17H2,1H3/t22?,23-/m0/s1. The van der Waals surface area contributed by atoms with Gasteiger partial charge in [-0.15, -0.1) is 0 Å². The Kier molecular flexibility index (Phi) is 5.24. The Morgan fingerprint density at radius 2 is 1.82 bits per heavy atom. The van der Waals surface area contributed by atoms with Gasteiger partial charge in [0.25, 0.3) is 5.91 Å². The lowest BCUT2D eigenvalue weighted by Gasteiger charge is -2.34. The molecule has 8 nitrogen and oxygen atoms in total. The summed E-state index contributed by atoms with van der Waals surface area (Å²) < 4.78 is 15.5. The van der Waals surface area contributed by atoms with Gasteiger partial charge in [0, 0.05) is 18.3 Å². The van der Waals surface area contributed by atoms with Crippen molar-refractivity contribution in [3.05, 3.63) is 89.9 Å². The molecule has 0 saturated heterocycles. The van der Waals surface area contributed by atoms with Crippen LogP contribution in [0.15, 0.2) is 77.8 Å². The summed E-state index contributed by atoms with van der Waals surface area (Å²) in [6.07, 6.45) is 3.19. The highest BCUT2D eigenvalue weighted by Crippen LogP contribution is 2.43. The number of nitrogens with one attached hydrogen (secondary N) is 1. The third-order valence-electron chi connectivity index (χ3n) is 7.59. The average molecular weight is 508 g/mol. The number of carbonyl (C=O) groups excluding carboxylic acids is 1. The summed E-state index contributed by atoms with van der Waals surface area (Å²) in [6, 6.07) is 22.8. The second-order valence-corrected chi connectivity index (χ2v) is 9.97. The molecule has 1 amide bonds. The molecule has 2 aromatic heterocycles. The summed E-state index contributed by atoms with van der Waals surface area (Å²) in [5, 5.41) is 8.48. The zero-order valence-electron chi connectivity index (χ0n) is 20.9. The fraction of sp³-hybridized carbons (Fsp3) is 0.241. The molecule has 1 fully saturated rings. The number of aromatic nitrogens is 3. The lowest BCUT2D eigenvalue weighted by molar-refractivity contribution is 0.0866. The number of anilines is 3. The lowest BCUT2D eigenvalue weighted by atomic mass is 10.1. The topological polar surface area (TPSA) is 78.7 Å². The molecule has 38 heavy (non-hydrogen) atoms. The van der Waals surface area contributed by atoms with Crippen molar-refractivity contribution >= 4 is 29.2 Å². The van der Waals surface area contributed by atoms with Crippen molar-refractivity contribution < 1.29 is 9.18 Å². The van der Waals surface area contributed by atoms with E-state index in [2.05, 4.69) is 15.2 Å². The molecule has 9 heteroatoms. The van der Waals surface area contributed by atoms with E-state index in [1.54, 1.807) is 24.1 Å². The summed E-state index contributed by atoms with van der Waals surface area (Å²) in [5.41, 5.74) is 3.84. The van der Waals surface area contributed by atoms with E-state index in [0.717, 1.165) is 36.1 Å². The maximum Gasteiger partial charge on any atom is 0.267 e. The highest BCUT2D eigenvalue weighted by molar-refractivity contribution is 6.21. The number of halogens is 1. The molecule has 4 heterocycles. The molecule has 7 rings (SSSR count). The molecule has 3 aliphatic rings. The first-order chi connectivity index (χ1) is 18.6. The van der Waals surface area contributed by atoms with Gasteiger partial charge < -0.3 is 5.32 Å². The number of benzene rings is 2. The van der Waals surface area contributed by atoms with Gasteiger partial charge in [0.1, 0.15) is 11.4 Å². The molecule has 0 bridgehead atoms. The van der Waals surface area contributed by atoms with Gasteiger partial charge in [-0.1, -0.05) is 48.5 Å². The number of pyridine rings is 1. The third-order valence-corrected chi connectivity index (χ3v) is 7.59. The Hall–Kier alpha value is -4.53. The Morgan fingerprint density at radius 1 is 1.00 bits per heavy atom. The van der Waals surface area contributed by atoms with Gasteiger partial charge in [0.05, 0.1) is 24.3 Å². The van der Waals surface area contributed by atoms with Crippen LogP contribution in [0.1, 0.15) is 35.2 Å². The lowest BCUT2D eigenvalue weighted by Crippen LogP contribution is -2.51. The molecule has 190 valence electrons. The van der Waals surface area contributed by atoms with Gasteiger partial charge in [0.15, 0.2) is 5.82 Å². The normalized spacial score (nSPS) is 19.7. The van der Waals surface area contributed by atoms with Crippen molar-refractivity contribution in [2.24, 2.45) is 4.99 Å². The van der Waals surface area contributed by atoms with Crippen LogP contribution in [0, 0.1) is 5.95 Å². The van der Waals surface area contributed by atoms with Crippen LogP contribution >= 0.6 is 0 Å². The first-order valence-corrected chi connectivity index (χ1v) is 12.9. The van der Waals surface area contributed by atoms with Crippen LogP contribution in [0.25, 0.3) is 11.3 Å². The number of carbonyl (C=O) groups is 1. The highest BCUT2D eigenvalue weighted by atomic mass is 19.1. The fourth-order valence-electron chi connectivity index (χ4n) is 5.73. The van der Waals surface area contributed by atoms with Crippen LogP contribution in [0.2, 0.25) is 0 Å². The predicted molar refractivity (Wildman–Crippen MR) is 144 cm³/mol. The maximum atomic E-state index is 13.7. The van der Waals surface area contributed by atoms with E-state index in [9.17, 15) is 9.18 Å². The Labute approximate surface area is 219 Å². The van der Waals surface area contributed by atoms with E-state index in [4.69, 9.17) is 10.1 Å².